The van der Waals surface area contributed by atoms with Gasteiger partial charge < -0.3 is 10.4 Å². The third kappa shape index (κ3) is 4.78. The van der Waals surface area contributed by atoms with Crippen molar-refractivity contribution >= 4 is 12.0 Å². The fourth-order valence-electron chi connectivity index (χ4n) is 2.38. The number of aliphatic hydroxyl groups is 1. The number of carbonyl (C=O) groups excluding carboxylic acids is 1. The van der Waals surface area contributed by atoms with Crippen LogP contribution in [0.5, 0.6) is 0 Å². The lowest BCUT2D eigenvalue weighted by atomic mass is 9.93. The van der Waals surface area contributed by atoms with E-state index in [-0.39, 0.29) is 23.9 Å². The molecule has 2 N–H and O–H groups in total. The molecule has 0 unspecified atom stereocenters. The number of halogens is 1. The Kier molecular flexibility index (Phi) is 5.30. The van der Waals surface area contributed by atoms with Crippen LogP contribution in [0.3, 0.4) is 0 Å². The standard InChI is InChI=1S/C16H20FNO2/c17-13-6-4-12(5-7-13)2-1-3-16(20)18-14-8-10-15(19)11-9-14/h1-2,4-7,14-15,19H,3,8-11H2,(H,18,20). The van der Waals surface area contributed by atoms with Crippen LogP contribution < -0.4 is 5.32 Å². The van der Waals surface area contributed by atoms with Gasteiger partial charge in [0.1, 0.15) is 5.82 Å². The minimum atomic E-state index is -0.264. The lowest BCUT2D eigenvalue weighted by molar-refractivity contribution is -0.121. The van der Waals surface area contributed by atoms with Gasteiger partial charge >= 0.3 is 0 Å². The van der Waals surface area contributed by atoms with E-state index in [9.17, 15) is 14.3 Å². The predicted octanol–water partition coefficient (Wildman–Crippen LogP) is 2.65. The average Bonchev–Trinajstić information content (AvgIpc) is 2.44. The maximum absolute atomic E-state index is 12.7. The van der Waals surface area contributed by atoms with E-state index in [1.54, 1.807) is 18.2 Å². The lowest BCUT2D eigenvalue weighted by Crippen LogP contribution is -2.38. The van der Waals surface area contributed by atoms with Crippen molar-refractivity contribution in [3.8, 4) is 0 Å². The Morgan fingerprint density at radius 3 is 2.55 bits per heavy atom. The van der Waals surface area contributed by atoms with E-state index >= 15 is 0 Å². The zero-order valence-corrected chi connectivity index (χ0v) is 11.4. The first-order valence-electron chi connectivity index (χ1n) is 7.03. The first-order chi connectivity index (χ1) is 9.63. The minimum absolute atomic E-state index is 0.00949. The zero-order chi connectivity index (χ0) is 14.4. The summed E-state index contributed by atoms with van der Waals surface area (Å²) in [5.74, 6) is -0.274. The Hall–Kier alpha value is -1.68. The SMILES string of the molecule is O=C(CC=Cc1ccc(F)cc1)NC1CCC(O)CC1. The Bertz CT molecular complexity index is 462. The van der Waals surface area contributed by atoms with Gasteiger partial charge in [-0.1, -0.05) is 24.3 Å². The second-order valence-corrected chi connectivity index (χ2v) is 5.23. The van der Waals surface area contributed by atoms with Crippen molar-refractivity contribution in [2.24, 2.45) is 0 Å². The van der Waals surface area contributed by atoms with Crippen molar-refractivity contribution in [3.63, 3.8) is 0 Å². The van der Waals surface area contributed by atoms with Crippen LogP contribution in [0.1, 0.15) is 37.7 Å². The molecule has 1 amide bonds. The molecule has 1 aliphatic rings. The van der Waals surface area contributed by atoms with E-state index in [2.05, 4.69) is 5.32 Å². The molecule has 108 valence electrons. The first-order valence-corrected chi connectivity index (χ1v) is 7.03. The molecular weight excluding hydrogens is 257 g/mol. The number of nitrogens with one attached hydrogen (secondary N) is 1. The highest BCUT2D eigenvalue weighted by Crippen LogP contribution is 2.18. The number of carbonyl (C=O) groups is 1. The van der Waals surface area contributed by atoms with Crippen molar-refractivity contribution < 1.29 is 14.3 Å². The van der Waals surface area contributed by atoms with E-state index < -0.39 is 0 Å². The van der Waals surface area contributed by atoms with Gasteiger partial charge in [0.2, 0.25) is 5.91 Å². The van der Waals surface area contributed by atoms with Gasteiger partial charge in [0.05, 0.1) is 6.10 Å². The smallest absolute Gasteiger partial charge is 0.224 e. The Morgan fingerprint density at radius 1 is 1.25 bits per heavy atom. The number of aliphatic hydroxyl groups excluding tert-OH is 1. The summed E-state index contributed by atoms with van der Waals surface area (Å²) in [6.07, 6.45) is 6.90. The molecule has 0 aliphatic heterocycles. The van der Waals surface area contributed by atoms with Gasteiger partial charge in [0.25, 0.3) is 0 Å². The number of amides is 1. The fraction of sp³-hybridized carbons (Fsp3) is 0.438. The molecule has 4 heteroatoms. The highest BCUT2D eigenvalue weighted by atomic mass is 19.1. The molecule has 3 nitrogen and oxygen atoms in total. The maximum atomic E-state index is 12.7. The second-order valence-electron chi connectivity index (χ2n) is 5.23. The maximum Gasteiger partial charge on any atom is 0.224 e. The van der Waals surface area contributed by atoms with E-state index in [1.807, 2.05) is 6.08 Å². The van der Waals surface area contributed by atoms with Gasteiger partial charge in [0, 0.05) is 12.5 Å². The molecule has 0 radical (unpaired) electrons. The molecule has 1 aliphatic carbocycles. The molecule has 0 saturated heterocycles. The summed E-state index contributed by atoms with van der Waals surface area (Å²) < 4.78 is 12.7. The molecular formula is C16H20FNO2. The summed E-state index contributed by atoms with van der Waals surface area (Å²) in [4.78, 5) is 11.8. The predicted molar refractivity (Wildman–Crippen MR) is 76.5 cm³/mol. The summed E-state index contributed by atoms with van der Waals surface area (Å²) in [5, 5.41) is 12.4. The highest BCUT2D eigenvalue weighted by molar-refractivity contribution is 5.78. The highest BCUT2D eigenvalue weighted by Gasteiger charge is 2.20. The third-order valence-electron chi connectivity index (χ3n) is 3.55. The van der Waals surface area contributed by atoms with Gasteiger partial charge in [-0.3, -0.25) is 4.79 Å². The molecule has 0 spiro atoms. The van der Waals surface area contributed by atoms with Gasteiger partial charge in [-0.25, -0.2) is 4.39 Å². The molecule has 0 atom stereocenters. The van der Waals surface area contributed by atoms with Crippen molar-refractivity contribution in [2.75, 3.05) is 0 Å². The zero-order valence-electron chi connectivity index (χ0n) is 11.4. The number of benzene rings is 1. The Balaban J connectivity index is 1.73. The van der Waals surface area contributed by atoms with Crippen LogP contribution in [-0.2, 0) is 4.79 Å². The Labute approximate surface area is 118 Å². The summed E-state index contributed by atoms with van der Waals surface area (Å²) >= 11 is 0. The van der Waals surface area contributed by atoms with Gasteiger partial charge in [-0.15, -0.1) is 0 Å². The molecule has 1 fully saturated rings. The molecule has 1 aromatic rings. The fourth-order valence-corrected chi connectivity index (χ4v) is 2.38. The monoisotopic (exact) mass is 277 g/mol. The summed E-state index contributed by atoms with van der Waals surface area (Å²) in [7, 11) is 0. The van der Waals surface area contributed by atoms with E-state index in [0.717, 1.165) is 31.2 Å². The van der Waals surface area contributed by atoms with E-state index in [1.165, 1.54) is 12.1 Å². The molecule has 0 heterocycles. The summed E-state index contributed by atoms with van der Waals surface area (Å²) in [6.45, 7) is 0. The minimum Gasteiger partial charge on any atom is -0.393 e. The van der Waals surface area contributed by atoms with Crippen LogP contribution in [0.25, 0.3) is 6.08 Å². The van der Waals surface area contributed by atoms with Crippen molar-refractivity contribution in [1.82, 2.24) is 5.32 Å². The van der Waals surface area contributed by atoms with Gasteiger partial charge in [-0.05, 0) is 43.4 Å². The van der Waals surface area contributed by atoms with Crippen molar-refractivity contribution in [2.45, 2.75) is 44.2 Å². The van der Waals surface area contributed by atoms with Crippen LogP contribution >= 0.6 is 0 Å². The van der Waals surface area contributed by atoms with Crippen LogP contribution in [0.4, 0.5) is 4.39 Å². The Morgan fingerprint density at radius 2 is 1.90 bits per heavy atom. The topological polar surface area (TPSA) is 49.3 Å². The first kappa shape index (κ1) is 14.7. The molecule has 20 heavy (non-hydrogen) atoms. The van der Waals surface area contributed by atoms with Crippen molar-refractivity contribution in [1.29, 1.82) is 0 Å². The third-order valence-corrected chi connectivity index (χ3v) is 3.55. The molecule has 1 saturated carbocycles. The quantitative estimate of drug-likeness (QED) is 0.889. The van der Waals surface area contributed by atoms with Crippen LogP contribution in [0, 0.1) is 5.82 Å². The van der Waals surface area contributed by atoms with Crippen molar-refractivity contribution in [3.05, 3.63) is 41.7 Å². The largest absolute Gasteiger partial charge is 0.393 e. The van der Waals surface area contributed by atoms with Crippen LogP contribution in [-0.4, -0.2) is 23.2 Å². The second kappa shape index (κ2) is 7.20. The molecule has 2 rings (SSSR count). The normalized spacial score (nSPS) is 22.9. The summed E-state index contributed by atoms with van der Waals surface area (Å²) in [5.41, 5.74) is 0.875. The van der Waals surface area contributed by atoms with Crippen LogP contribution in [0.15, 0.2) is 30.3 Å². The average molecular weight is 277 g/mol. The molecule has 0 aromatic heterocycles. The lowest BCUT2D eigenvalue weighted by Gasteiger charge is -2.25. The number of rotatable bonds is 4. The van der Waals surface area contributed by atoms with E-state index in [4.69, 9.17) is 0 Å². The number of hydrogen-bond acceptors (Lipinski definition) is 2. The van der Waals surface area contributed by atoms with E-state index in [0.29, 0.717) is 6.42 Å². The molecule has 1 aromatic carbocycles. The van der Waals surface area contributed by atoms with Crippen LogP contribution in [0.2, 0.25) is 0 Å². The summed E-state index contributed by atoms with van der Waals surface area (Å²) in [6, 6.07) is 6.32. The van der Waals surface area contributed by atoms with Gasteiger partial charge in [0.15, 0.2) is 0 Å². The van der Waals surface area contributed by atoms with Gasteiger partial charge in [-0.2, -0.15) is 0 Å². The number of hydrogen-bond donors (Lipinski definition) is 2. The molecule has 0 bridgehead atoms.